The Morgan fingerprint density at radius 3 is 2.60 bits per heavy atom. The predicted octanol–water partition coefficient (Wildman–Crippen LogP) is 2.18. The number of hydrogen-bond donors (Lipinski definition) is 0. The Morgan fingerprint density at radius 2 is 1.93 bits per heavy atom. The maximum absolute atomic E-state index is 5.83. The predicted molar refractivity (Wildman–Crippen MR) is 65.7 cm³/mol. The van der Waals surface area contributed by atoms with E-state index in [1.54, 1.807) is 0 Å². The number of rotatable bonds is 2. The summed E-state index contributed by atoms with van der Waals surface area (Å²) in [5.41, 5.74) is 2.51. The van der Waals surface area contributed by atoms with Crippen molar-refractivity contribution in [1.82, 2.24) is 4.90 Å². The van der Waals surface area contributed by atoms with Gasteiger partial charge in [-0.3, -0.25) is 0 Å². The van der Waals surface area contributed by atoms with Crippen LogP contribution < -0.4 is 4.90 Å². The van der Waals surface area contributed by atoms with Crippen molar-refractivity contribution in [2.24, 2.45) is 0 Å². The Bertz CT molecular complexity index is 319. The van der Waals surface area contributed by atoms with E-state index in [9.17, 15) is 0 Å². The van der Waals surface area contributed by atoms with Gasteiger partial charge in [0.15, 0.2) is 0 Å². The highest BCUT2D eigenvalue weighted by atomic mass is 35.5. The summed E-state index contributed by atoms with van der Waals surface area (Å²) in [4.78, 5) is 4.79. The summed E-state index contributed by atoms with van der Waals surface area (Å²) in [5.74, 6) is 0.599. The molecule has 2 nitrogen and oxygen atoms in total. The van der Waals surface area contributed by atoms with Gasteiger partial charge in [0.25, 0.3) is 0 Å². The Balaban J connectivity index is 2.08. The zero-order chi connectivity index (χ0) is 10.7. The molecule has 3 heteroatoms. The van der Waals surface area contributed by atoms with E-state index in [1.165, 1.54) is 11.3 Å². The molecule has 1 aliphatic rings. The summed E-state index contributed by atoms with van der Waals surface area (Å²) in [6, 6.07) is 8.53. The quantitative estimate of drug-likeness (QED) is 0.711. The van der Waals surface area contributed by atoms with Crippen LogP contribution in [0.1, 0.15) is 5.56 Å². The second-order valence-electron chi connectivity index (χ2n) is 4.09. The summed E-state index contributed by atoms with van der Waals surface area (Å²) < 4.78 is 0. The molecule has 0 aliphatic carbocycles. The third-order valence-electron chi connectivity index (χ3n) is 2.93. The lowest BCUT2D eigenvalue weighted by atomic mass is 10.2. The molecule has 2 rings (SSSR count). The van der Waals surface area contributed by atoms with E-state index in [4.69, 9.17) is 11.6 Å². The molecular weight excluding hydrogens is 208 g/mol. The molecule has 82 valence electrons. The summed E-state index contributed by atoms with van der Waals surface area (Å²) in [6.45, 7) is 4.51. The van der Waals surface area contributed by atoms with Gasteiger partial charge in [0.05, 0.1) is 0 Å². The second kappa shape index (κ2) is 4.86. The van der Waals surface area contributed by atoms with Crippen LogP contribution in [-0.2, 0) is 5.88 Å². The summed E-state index contributed by atoms with van der Waals surface area (Å²) in [6.07, 6.45) is 0. The highest BCUT2D eigenvalue weighted by Gasteiger charge is 2.13. The van der Waals surface area contributed by atoms with E-state index in [-0.39, 0.29) is 0 Å². The van der Waals surface area contributed by atoms with Gasteiger partial charge in [-0.25, -0.2) is 0 Å². The standard InChI is InChI=1S/C12H17ClN2/c1-14-5-7-15(8-6-14)12-4-2-3-11(9-12)10-13/h2-4,9H,5-8,10H2,1H3. The van der Waals surface area contributed by atoms with Crippen molar-refractivity contribution in [1.29, 1.82) is 0 Å². The van der Waals surface area contributed by atoms with Crippen LogP contribution >= 0.6 is 11.6 Å². The van der Waals surface area contributed by atoms with Crippen LogP contribution in [0.4, 0.5) is 5.69 Å². The van der Waals surface area contributed by atoms with Crippen LogP contribution in [0.25, 0.3) is 0 Å². The molecule has 0 radical (unpaired) electrons. The Morgan fingerprint density at radius 1 is 1.20 bits per heavy atom. The molecule has 0 aromatic heterocycles. The average molecular weight is 225 g/mol. The van der Waals surface area contributed by atoms with Crippen LogP contribution in [0.15, 0.2) is 24.3 Å². The maximum Gasteiger partial charge on any atom is 0.0474 e. The lowest BCUT2D eigenvalue weighted by molar-refractivity contribution is 0.313. The number of anilines is 1. The van der Waals surface area contributed by atoms with Crippen molar-refractivity contribution < 1.29 is 0 Å². The second-order valence-corrected chi connectivity index (χ2v) is 4.36. The van der Waals surface area contributed by atoms with Crippen molar-refractivity contribution in [3.05, 3.63) is 29.8 Å². The first-order valence-electron chi connectivity index (χ1n) is 5.38. The number of piperazine rings is 1. The molecule has 0 spiro atoms. The van der Waals surface area contributed by atoms with Gasteiger partial charge in [-0.05, 0) is 24.7 Å². The molecule has 15 heavy (non-hydrogen) atoms. The normalized spacial score (nSPS) is 18.1. The van der Waals surface area contributed by atoms with Crippen molar-refractivity contribution in [2.45, 2.75) is 5.88 Å². The number of nitrogens with zero attached hydrogens (tertiary/aromatic N) is 2. The van der Waals surface area contributed by atoms with Crippen LogP contribution in [0.5, 0.6) is 0 Å². The van der Waals surface area contributed by atoms with Crippen LogP contribution in [0.2, 0.25) is 0 Å². The molecule has 1 heterocycles. The molecule has 1 fully saturated rings. The largest absolute Gasteiger partial charge is 0.369 e. The minimum atomic E-state index is 0.599. The molecule has 1 aliphatic heterocycles. The van der Waals surface area contributed by atoms with Gasteiger partial charge in [0.1, 0.15) is 0 Å². The molecule has 0 atom stereocenters. The minimum absolute atomic E-state index is 0.599. The van der Waals surface area contributed by atoms with Crippen LogP contribution in [0.3, 0.4) is 0 Å². The van der Waals surface area contributed by atoms with Crippen LogP contribution in [-0.4, -0.2) is 38.1 Å². The first kappa shape index (κ1) is 10.8. The number of benzene rings is 1. The maximum atomic E-state index is 5.83. The Hall–Kier alpha value is -0.730. The fraction of sp³-hybridized carbons (Fsp3) is 0.500. The average Bonchev–Trinajstić information content (AvgIpc) is 2.30. The number of likely N-dealkylation sites (N-methyl/N-ethyl adjacent to an activating group) is 1. The van der Waals surface area contributed by atoms with E-state index in [0.29, 0.717) is 5.88 Å². The zero-order valence-corrected chi connectivity index (χ0v) is 9.87. The number of halogens is 1. The van der Waals surface area contributed by atoms with Gasteiger partial charge in [-0.1, -0.05) is 12.1 Å². The SMILES string of the molecule is CN1CCN(c2cccc(CCl)c2)CC1. The Labute approximate surface area is 96.4 Å². The van der Waals surface area contributed by atoms with E-state index in [0.717, 1.165) is 26.2 Å². The van der Waals surface area contributed by atoms with Crippen molar-refractivity contribution in [3.63, 3.8) is 0 Å². The first-order valence-corrected chi connectivity index (χ1v) is 5.91. The highest BCUT2D eigenvalue weighted by Crippen LogP contribution is 2.18. The third-order valence-corrected chi connectivity index (χ3v) is 3.24. The lowest BCUT2D eigenvalue weighted by Gasteiger charge is -2.34. The minimum Gasteiger partial charge on any atom is -0.369 e. The molecular formula is C12H17ClN2. The number of alkyl halides is 1. The number of hydrogen-bond acceptors (Lipinski definition) is 2. The van der Waals surface area contributed by atoms with Gasteiger partial charge in [-0.15, -0.1) is 11.6 Å². The van der Waals surface area contributed by atoms with Crippen molar-refractivity contribution in [3.8, 4) is 0 Å². The third kappa shape index (κ3) is 2.64. The van der Waals surface area contributed by atoms with Crippen LogP contribution in [0, 0.1) is 0 Å². The monoisotopic (exact) mass is 224 g/mol. The fourth-order valence-corrected chi connectivity index (χ4v) is 2.07. The smallest absolute Gasteiger partial charge is 0.0474 e. The molecule has 0 amide bonds. The molecule has 1 aromatic carbocycles. The van der Waals surface area contributed by atoms with Gasteiger partial charge in [0.2, 0.25) is 0 Å². The van der Waals surface area contributed by atoms with E-state index in [2.05, 4.69) is 41.1 Å². The van der Waals surface area contributed by atoms with Gasteiger partial charge in [0, 0.05) is 37.7 Å². The van der Waals surface area contributed by atoms with Gasteiger partial charge in [-0.2, -0.15) is 0 Å². The topological polar surface area (TPSA) is 6.48 Å². The molecule has 0 bridgehead atoms. The Kier molecular flexibility index (Phi) is 3.49. The zero-order valence-electron chi connectivity index (χ0n) is 9.12. The van der Waals surface area contributed by atoms with E-state index < -0.39 is 0 Å². The van der Waals surface area contributed by atoms with Crippen molar-refractivity contribution >= 4 is 17.3 Å². The molecule has 0 N–H and O–H groups in total. The summed E-state index contributed by atoms with van der Waals surface area (Å²) in [5, 5.41) is 0. The molecule has 0 unspecified atom stereocenters. The molecule has 1 aromatic rings. The lowest BCUT2D eigenvalue weighted by Crippen LogP contribution is -2.44. The van der Waals surface area contributed by atoms with Crippen molar-refractivity contribution in [2.75, 3.05) is 38.1 Å². The van der Waals surface area contributed by atoms with Gasteiger partial charge < -0.3 is 9.80 Å². The van der Waals surface area contributed by atoms with E-state index in [1.807, 2.05) is 0 Å². The molecule has 0 saturated carbocycles. The fourth-order valence-electron chi connectivity index (χ4n) is 1.90. The van der Waals surface area contributed by atoms with E-state index >= 15 is 0 Å². The summed E-state index contributed by atoms with van der Waals surface area (Å²) in [7, 11) is 2.17. The first-order chi connectivity index (χ1) is 7.29. The summed E-state index contributed by atoms with van der Waals surface area (Å²) >= 11 is 5.83. The molecule has 1 saturated heterocycles. The van der Waals surface area contributed by atoms with Gasteiger partial charge >= 0.3 is 0 Å². The highest BCUT2D eigenvalue weighted by molar-refractivity contribution is 6.17.